The Morgan fingerprint density at radius 1 is 1.23 bits per heavy atom. The molecule has 0 amide bonds. The lowest BCUT2D eigenvalue weighted by Crippen LogP contribution is -2.30. The van der Waals surface area contributed by atoms with Crippen LogP contribution < -0.4 is 4.74 Å². The molecule has 0 spiro atoms. The highest BCUT2D eigenvalue weighted by atomic mass is 32.2. The molecule has 1 aromatic carbocycles. The van der Waals surface area contributed by atoms with Gasteiger partial charge in [-0.2, -0.15) is 22.5 Å². The fraction of sp³-hybridized carbons (Fsp3) is 0.333. The van der Waals surface area contributed by atoms with Gasteiger partial charge in [0.1, 0.15) is 16.1 Å². The summed E-state index contributed by atoms with van der Waals surface area (Å²) in [6, 6.07) is 7.93. The molecule has 0 radical (unpaired) electrons. The minimum Gasteiger partial charge on any atom is -0.489 e. The third-order valence-electron chi connectivity index (χ3n) is 4.58. The second kappa shape index (κ2) is 7.67. The maximum Gasteiger partial charge on any atom is 0.471 e. The quantitative estimate of drug-likeness (QED) is 0.574. The largest absolute Gasteiger partial charge is 0.489 e. The van der Waals surface area contributed by atoms with Gasteiger partial charge in [-0.05, 0) is 54.6 Å². The number of nitrogens with zero attached hydrogens (tertiary/aromatic N) is 3. The van der Waals surface area contributed by atoms with Gasteiger partial charge in [0.15, 0.2) is 0 Å². The second-order valence-electron chi connectivity index (χ2n) is 6.73. The zero-order valence-electron chi connectivity index (χ0n) is 15.6. The third kappa shape index (κ3) is 4.07. The van der Waals surface area contributed by atoms with Crippen LogP contribution in [0.4, 0.5) is 13.2 Å². The SMILES string of the molecule is Cc1ccsc1S(=O)(=O)N1CC[C@@H](Oc2ccc(-c3noc(C(F)(F)F)n3)cc2)C1. The number of ether oxygens (including phenoxy) is 1. The summed E-state index contributed by atoms with van der Waals surface area (Å²) in [6.45, 7) is 2.34. The van der Waals surface area contributed by atoms with Crippen LogP contribution in [0.1, 0.15) is 17.9 Å². The molecular formula is C18H16F3N3O4S2. The summed E-state index contributed by atoms with van der Waals surface area (Å²) in [5, 5.41) is 5.08. The van der Waals surface area contributed by atoms with Crippen LogP contribution in [0, 0.1) is 6.92 Å². The maximum atomic E-state index is 12.8. The summed E-state index contributed by atoms with van der Waals surface area (Å²) in [4.78, 5) is 3.34. The molecule has 30 heavy (non-hydrogen) atoms. The Balaban J connectivity index is 1.41. The first-order valence-corrected chi connectivity index (χ1v) is 11.2. The molecule has 1 atom stereocenters. The lowest BCUT2D eigenvalue weighted by Gasteiger charge is -2.17. The van der Waals surface area contributed by atoms with Crippen molar-refractivity contribution in [2.75, 3.05) is 13.1 Å². The number of halogens is 3. The Hall–Kier alpha value is -2.44. The zero-order valence-corrected chi connectivity index (χ0v) is 17.2. The van der Waals surface area contributed by atoms with Gasteiger partial charge >= 0.3 is 12.1 Å². The fourth-order valence-electron chi connectivity index (χ4n) is 3.08. The molecule has 12 heteroatoms. The number of hydrogen-bond acceptors (Lipinski definition) is 7. The van der Waals surface area contributed by atoms with Crippen LogP contribution in [0.3, 0.4) is 0 Å². The molecule has 0 N–H and O–H groups in total. The number of alkyl halides is 3. The normalized spacial score (nSPS) is 18.1. The number of hydrogen-bond donors (Lipinski definition) is 0. The Morgan fingerprint density at radius 2 is 1.97 bits per heavy atom. The molecule has 4 rings (SSSR count). The lowest BCUT2D eigenvalue weighted by molar-refractivity contribution is -0.159. The molecule has 0 aliphatic carbocycles. The first kappa shape index (κ1) is 20.8. The average molecular weight is 459 g/mol. The average Bonchev–Trinajstić information content (AvgIpc) is 3.42. The molecule has 1 aliphatic heterocycles. The topological polar surface area (TPSA) is 85.5 Å². The Morgan fingerprint density at radius 3 is 2.57 bits per heavy atom. The molecule has 0 saturated carbocycles. The van der Waals surface area contributed by atoms with Gasteiger partial charge in [-0.15, -0.1) is 11.3 Å². The molecule has 1 aliphatic rings. The van der Waals surface area contributed by atoms with E-state index >= 15 is 0 Å². The standard InChI is InChI=1S/C18H16F3N3O4S2/c1-11-7-9-29-16(11)30(25,26)24-8-6-14(10-24)27-13-4-2-12(3-5-13)15-22-17(28-23-15)18(19,20)21/h2-5,7,9,14H,6,8,10H2,1H3/t14-/m1/s1. The van der Waals surface area contributed by atoms with Crippen molar-refractivity contribution in [1.29, 1.82) is 0 Å². The highest BCUT2D eigenvalue weighted by molar-refractivity contribution is 7.91. The van der Waals surface area contributed by atoms with Crippen LogP contribution in [0.15, 0.2) is 44.4 Å². The molecule has 0 unspecified atom stereocenters. The summed E-state index contributed by atoms with van der Waals surface area (Å²) in [5.74, 6) is -1.13. The number of sulfonamides is 1. The van der Waals surface area contributed by atoms with Crippen LogP contribution >= 0.6 is 11.3 Å². The van der Waals surface area contributed by atoms with Gasteiger partial charge in [-0.1, -0.05) is 5.16 Å². The predicted molar refractivity (Wildman–Crippen MR) is 102 cm³/mol. The molecule has 3 heterocycles. The van der Waals surface area contributed by atoms with E-state index in [4.69, 9.17) is 4.74 Å². The van der Waals surface area contributed by atoms with Crippen molar-refractivity contribution >= 4 is 21.4 Å². The van der Waals surface area contributed by atoms with Crippen molar-refractivity contribution < 1.29 is 30.8 Å². The van der Waals surface area contributed by atoms with Crippen LogP contribution in [0.25, 0.3) is 11.4 Å². The zero-order chi connectivity index (χ0) is 21.5. The van der Waals surface area contributed by atoms with Crippen LogP contribution in [-0.2, 0) is 16.2 Å². The summed E-state index contributed by atoms with van der Waals surface area (Å²) in [6.07, 6.45) is -4.50. The summed E-state index contributed by atoms with van der Waals surface area (Å²) < 4.78 is 75.1. The molecule has 0 bridgehead atoms. The molecule has 160 valence electrons. The van der Waals surface area contributed by atoms with Gasteiger partial charge in [0.05, 0.1) is 6.54 Å². The van der Waals surface area contributed by atoms with Gasteiger partial charge in [0, 0.05) is 12.1 Å². The Labute approximate surface area is 174 Å². The number of thiophene rings is 1. The van der Waals surface area contributed by atoms with Crippen molar-refractivity contribution in [3.63, 3.8) is 0 Å². The maximum absolute atomic E-state index is 12.8. The van der Waals surface area contributed by atoms with E-state index in [1.807, 2.05) is 0 Å². The molecule has 1 saturated heterocycles. The molecular weight excluding hydrogens is 443 g/mol. The highest BCUT2D eigenvalue weighted by Crippen LogP contribution is 2.31. The van der Waals surface area contributed by atoms with Crippen LogP contribution in [-0.4, -0.2) is 42.1 Å². The van der Waals surface area contributed by atoms with Crippen LogP contribution in [0.2, 0.25) is 0 Å². The smallest absolute Gasteiger partial charge is 0.471 e. The Bertz CT molecular complexity index is 1140. The van der Waals surface area contributed by atoms with E-state index in [0.717, 1.165) is 5.56 Å². The van der Waals surface area contributed by atoms with Gasteiger partial charge in [0.25, 0.3) is 10.0 Å². The van der Waals surface area contributed by atoms with Gasteiger partial charge < -0.3 is 9.26 Å². The number of rotatable bonds is 5. The summed E-state index contributed by atoms with van der Waals surface area (Å²) in [7, 11) is -3.55. The van der Waals surface area contributed by atoms with E-state index in [-0.39, 0.29) is 18.5 Å². The van der Waals surface area contributed by atoms with E-state index in [0.29, 0.717) is 28.5 Å². The van der Waals surface area contributed by atoms with Gasteiger partial charge in [-0.3, -0.25) is 0 Å². The fourth-order valence-corrected chi connectivity index (χ4v) is 6.12. The molecule has 1 fully saturated rings. The highest BCUT2D eigenvalue weighted by Gasteiger charge is 2.38. The lowest BCUT2D eigenvalue weighted by atomic mass is 10.2. The van der Waals surface area contributed by atoms with Crippen molar-refractivity contribution in [3.05, 3.63) is 47.2 Å². The van der Waals surface area contributed by atoms with Gasteiger partial charge in [-0.25, -0.2) is 8.42 Å². The molecule has 7 nitrogen and oxygen atoms in total. The van der Waals surface area contributed by atoms with Crippen molar-refractivity contribution in [2.45, 2.75) is 29.8 Å². The van der Waals surface area contributed by atoms with Crippen molar-refractivity contribution in [1.82, 2.24) is 14.4 Å². The minimum absolute atomic E-state index is 0.182. The monoisotopic (exact) mass is 459 g/mol. The van der Waals surface area contributed by atoms with E-state index in [2.05, 4.69) is 14.7 Å². The van der Waals surface area contributed by atoms with Crippen molar-refractivity contribution in [3.8, 4) is 17.1 Å². The number of aryl methyl sites for hydroxylation is 1. The molecule has 3 aromatic rings. The number of aromatic nitrogens is 2. The van der Waals surface area contributed by atoms with Crippen LogP contribution in [0.5, 0.6) is 5.75 Å². The Kier molecular flexibility index (Phi) is 5.32. The van der Waals surface area contributed by atoms with E-state index in [1.54, 1.807) is 30.5 Å². The third-order valence-corrected chi connectivity index (χ3v) is 8.11. The van der Waals surface area contributed by atoms with E-state index in [9.17, 15) is 21.6 Å². The van der Waals surface area contributed by atoms with Gasteiger partial charge in [0.2, 0.25) is 5.82 Å². The minimum atomic E-state index is -4.70. The van der Waals surface area contributed by atoms with Crippen molar-refractivity contribution in [2.24, 2.45) is 0 Å². The summed E-state index contributed by atoms with van der Waals surface area (Å²) >= 11 is 1.19. The van der Waals surface area contributed by atoms with E-state index < -0.39 is 22.1 Å². The predicted octanol–water partition coefficient (Wildman–Crippen LogP) is 3.97. The van der Waals surface area contributed by atoms with E-state index in [1.165, 1.54) is 27.8 Å². The molecule has 2 aromatic heterocycles. The summed E-state index contributed by atoms with van der Waals surface area (Å²) in [5.41, 5.74) is 1.06. The number of benzene rings is 1. The second-order valence-corrected chi connectivity index (χ2v) is 9.78. The first-order valence-electron chi connectivity index (χ1n) is 8.87. The first-order chi connectivity index (χ1) is 14.1.